The molecule has 0 heterocycles. The first kappa shape index (κ1) is 8.34. The van der Waals surface area contributed by atoms with Gasteiger partial charge in [0, 0.05) is 0 Å². The molecule has 0 radical (unpaired) electrons. The maximum atomic E-state index is 8.54. The number of hydrogen-bond acceptors (Lipinski definition) is 2. The van der Waals surface area contributed by atoms with E-state index in [1.807, 2.05) is 12.1 Å². The molecule has 1 rings (SSSR count). The number of methoxy groups -OCH3 is 1. The SMILES string of the molecule is COc1cc(C#N)ccc1I. The molecule has 0 bridgehead atoms. The van der Waals surface area contributed by atoms with Crippen LogP contribution in [0.1, 0.15) is 5.56 Å². The average molecular weight is 259 g/mol. The summed E-state index contributed by atoms with van der Waals surface area (Å²) in [7, 11) is 1.60. The monoisotopic (exact) mass is 259 g/mol. The smallest absolute Gasteiger partial charge is 0.133 e. The summed E-state index contributed by atoms with van der Waals surface area (Å²) >= 11 is 2.16. The Morgan fingerprint density at radius 3 is 2.82 bits per heavy atom. The lowest BCUT2D eigenvalue weighted by atomic mass is 10.2. The fourth-order valence-electron chi connectivity index (χ4n) is 0.729. The molecule has 0 amide bonds. The summed E-state index contributed by atoms with van der Waals surface area (Å²) in [6.07, 6.45) is 0. The summed E-state index contributed by atoms with van der Waals surface area (Å²) in [5.74, 6) is 0.754. The highest BCUT2D eigenvalue weighted by Crippen LogP contribution is 2.20. The molecule has 0 saturated carbocycles. The van der Waals surface area contributed by atoms with Gasteiger partial charge in [0.15, 0.2) is 0 Å². The van der Waals surface area contributed by atoms with Gasteiger partial charge in [0.05, 0.1) is 22.3 Å². The van der Waals surface area contributed by atoms with E-state index in [-0.39, 0.29) is 0 Å². The van der Waals surface area contributed by atoms with Gasteiger partial charge in [-0.05, 0) is 40.8 Å². The maximum Gasteiger partial charge on any atom is 0.133 e. The van der Waals surface area contributed by atoms with Crippen LogP contribution in [0.4, 0.5) is 0 Å². The lowest BCUT2D eigenvalue weighted by molar-refractivity contribution is 0.411. The van der Waals surface area contributed by atoms with Gasteiger partial charge in [-0.2, -0.15) is 5.26 Å². The first-order chi connectivity index (χ1) is 5.27. The zero-order valence-corrected chi connectivity index (χ0v) is 8.12. The third-order valence-corrected chi connectivity index (χ3v) is 2.17. The third-order valence-electron chi connectivity index (χ3n) is 1.28. The van der Waals surface area contributed by atoms with Crippen LogP contribution in [-0.2, 0) is 0 Å². The minimum absolute atomic E-state index is 0.627. The molecule has 0 saturated heterocycles. The molecule has 56 valence electrons. The van der Waals surface area contributed by atoms with Crippen LogP contribution >= 0.6 is 22.6 Å². The lowest BCUT2D eigenvalue weighted by Crippen LogP contribution is -1.87. The fraction of sp³-hybridized carbons (Fsp3) is 0.125. The largest absolute Gasteiger partial charge is 0.496 e. The van der Waals surface area contributed by atoms with Crippen LogP contribution in [0.5, 0.6) is 5.75 Å². The van der Waals surface area contributed by atoms with Crippen molar-refractivity contribution in [3.05, 3.63) is 27.3 Å². The molecular weight excluding hydrogens is 253 g/mol. The molecule has 11 heavy (non-hydrogen) atoms. The van der Waals surface area contributed by atoms with Crippen molar-refractivity contribution in [3.63, 3.8) is 0 Å². The predicted octanol–water partition coefficient (Wildman–Crippen LogP) is 2.17. The van der Waals surface area contributed by atoms with Crippen LogP contribution in [0.2, 0.25) is 0 Å². The zero-order chi connectivity index (χ0) is 8.27. The van der Waals surface area contributed by atoms with Crippen LogP contribution in [-0.4, -0.2) is 7.11 Å². The van der Waals surface area contributed by atoms with Crippen molar-refractivity contribution in [2.45, 2.75) is 0 Å². The molecular formula is C8H6INO. The van der Waals surface area contributed by atoms with Crippen LogP contribution in [0.3, 0.4) is 0 Å². The molecule has 3 heteroatoms. The number of hydrogen-bond donors (Lipinski definition) is 0. The van der Waals surface area contributed by atoms with Gasteiger partial charge >= 0.3 is 0 Å². The number of nitrogens with zero attached hydrogens (tertiary/aromatic N) is 1. The van der Waals surface area contributed by atoms with Crippen molar-refractivity contribution in [1.82, 2.24) is 0 Å². The second kappa shape index (κ2) is 3.58. The molecule has 1 aromatic rings. The molecule has 0 aromatic heterocycles. The Hall–Kier alpha value is -0.760. The van der Waals surface area contributed by atoms with Gasteiger partial charge < -0.3 is 4.74 Å². The first-order valence-electron chi connectivity index (χ1n) is 3.01. The van der Waals surface area contributed by atoms with Gasteiger partial charge in [0.25, 0.3) is 0 Å². The average Bonchev–Trinajstić information content (AvgIpc) is 2.05. The van der Waals surface area contributed by atoms with Gasteiger partial charge in [0.2, 0.25) is 0 Å². The molecule has 0 spiro atoms. The highest BCUT2D eigenvalue weighted by molar-refractivity contribution is 14.1. The molecule has 2 nitrogen and oxygen atoms in total. The third kappa shape index (κ3) is 1.84. The highest BCUT2D eigenvalue weighted by atomic mass is 127. The lowest BCUT2D eigenvalue weighted by Gasteiger charge is -2.01. The summed E-state index contributed by atoms with van der Waals surface area (Å²) in [5.41, 5.74) is 0.627. The number of halogens is 1. The number of nitriles is 1. The van der Waals surface area contributed by atoms with Crippen LogP contribution in [0.15, 0.2) is 18.2 Å². The molecule has 0 aliphatic rings. The Labute approximate surface area is 78.9 Å². The highest BCUT2D eigenvalue weighted by Gasteiger charge is 1.99. The predicted molar refractivity (Wildman–Crippen MR) is 50.4 cm³/mol. The van der Waals surface area contributed by atoms with E-state index >= 15 is 0 Å². The van der Waals surface area contributed by atoms with Gasteiger partial charge in [-0.15, -0.1) is 0 Å². The van der Waals surface area contributed by atoms with E-state index in [1.54, 1.807) is 19.2 Å². The first-order valence-corrected chi connectivity index (χ1v) is 4.09. The number of rotatable bonds is 1. The maximum absolute atomic E-state index is 8.54. The van der Waals surface area contributed by atoms with E-state index in [4.69, 9.17) is 10.00 Å². The standard InChI is InChI=1S/C8H6INO/c1-11-8-4-6(5-10)2-3-7(8)9/h2-4H,1H3. The van der Waals surface area contributed by atoms with E-state index in [2.05, 4.69) is 22.6 Å². The van der Waals surface area contributed by atoms with Crippen molar-refractivity contribution in [2.75, 3.05) is 7.11 Å². The van der Waals surface area contributed by atoms with Gasteiger partial charge in [0.1, 0.15) is 5.75 Å². The van der Waals surface area contributed by atoms with E-state index in [0.29, 0.717) is 5.56 Å². The van der Waals surface area contributed by atoms with E-state index < -0.39 is 0 Å². The van der Waals surface area contributed by atoms with Gasteiger partial charge in [-0.25, -0.2) is 0 Å². The van der Waals surface area contributed by atoms with Crippen LogP contribution in [0.25, 0.3) is 0 Å². The topological polar surface area (TPSA) is 33.0 Å². The van der Waals surface area contributed by atoms with E-state index in [0.717, 1.165) is 9.32 Å². The van der Waals surface area contributed by atoms with Gasteiger partial charge in [-0.3, -0.25) is 0 Å². The van der Waals surface area contributed by atoms with Crippen molar-refractivity contribution in [2.24, 2.45) is 0 Å². The molecule has 0 fully saturated rings. The Morgan fingerprint density at radius 2 is 2.27 bits per heavy atom. The zero-order valence-electron chi connectivity index (χ0n) is 5.97. The second-order valence-corrected chi connectivity index (χ2v) is 3.12. The van der Waals surface area contributed by atoms with Crippen molar-refractivity contribution in [3.8, 4) is 11.8 Å². The Balaban J connectivity index is 3.15. The molecule has 0 unspecified atom stereocenters. The van der Waals surface area contributed by atoms with Crippen molar-refractivity contribution < 1.29 is 4.74 Å². The summed E-state index contributed by atoms with van der Waals surface area (Å²) in [6, 6.07) is 7.40. The summed E-state index contributed by atoms with van der Waals surface area (Å²) in [4.78, 5) is 0. The minimum Gasteiger partial charge on any atom is -0.496 e. The second-order valence-electron chi connectivity index (χ2n) is 1.96. The fourth-order valence-corrected chi connectivity index (χ4v) is 1.29. The number of benzene rings is 1. The summed E-state index contributed by atoms with van der Waals surface area (Å²) in [6.45, 7) is 0. The van der Waals surface area contributed by atoms with Gasteiger partial charge in [-0.1, -0.05) is 0 Å². The quantitative estimate of drug-likeness (QED) is 0.724. The molecule has 0 N–H and O–H groups in total. The molecule has 0 aliphatic heterocycles. The van der Waals surface area contributed by atoms with Crippen molar-refractivity contribution in [1.29, 1.82) is 5.26 Å². The molecule has 1 aromatic carbocycles. The minimum atomic E-state index is 0.627. The van der Waals surface area contributed by atoms with Crippen LogP contribution < -0.4 is 4.74 Å². The Bertz CT molecular complexity index is 303. The summed E-state index contributed by atoms with van der Waals surface area (Å²) in [5, 5.41) is 8.54. The van der Waals surface area contributed by atoms with Crippen LogP contribution in [0, 0.1) is 14.9 Å². The Morgan fingerprint density at radius 1 is 1.55 bits per heavy atom. The van der Waals surface area contributed by atoms with E-state index in [9.17, 15) is 0 Å². The normalized spacial score (nSPS) is 8.82. The molecule has 0 atom stereocenters. The van der Waals surface area contributed by atoms with Crippen molar-refractivity contribution >= 4 is 22.6 Å². The molecule has 0 aliphatic carbocycles. The summed E-state index contributed by atoms with van der Waals surface area (Å²) < 4.78 is 6.05. The number of ether oxygens (including phenoxy) is 1. The van der Waals surface area contributed by atoms with E-state index in [1.165, 1.54) is 0 Å². The Kier molecular flexibility index (Phi) is 2.71.